The molecule has 0 bridgehead atoms. The number of carbonyl (C=O) groups is 1. The number of benzene rings is 1. The summed E-state index contributed by atoms with van der Waals surface area (Å²) in [5.41, 5.74) is 2.61. The summed E-state index contributed by atoms with van der Waals surface area (Å²) in [6.45, 7) is 3.04. The number of hydrogen-bond donors (Lipinski definition) is 0. The molecule has 0 saturated carbocycles. The molecule has 1 aliphatic rings. The van der Waals surface area contributed by atoms with E-state index >= 15 is 0 Å². The minimum Gasteiger partial charge on any atom is -0.356 e. The van der Waals surface area contributed by atoms with Crippen LogP contribution in [0, 0.1) is 5.82 Å². The third-order valence-corrected chi connectivity index (χ3v) is 3.60. The van der Waals surface area contributed by atoms with E-state index in [1.807, 2.05) is 11.8 Å². The first-order valence-corrected chi connectivity index (χ1v) is 6.70. The molecule has 0 saturated heterocycles. The number of hydrogen-bond acceptors (Lipinski definition) is 3. The molecule has 1 aliphatic heterocycles. The van der Waals surface area contributed by atoms with Crippen molar-refractivity contribution in [2.75, 3.05) is 6.54 Å². The van der Waals surface area contributed by atoms with Crippen LogP contribution in [0.4, 0.5) is 4.39 Å². The van der Waals surface area contributed by atoms with Crippen molar-refractivity contribution in [1.82, 2.24) is 10.1 Å². The maximum atomic E-state index is 13.0. The van der Waals surface area contributed by atoms with E-state index in [0.717, 1.165) is 16.8 Å². The van der Waals surface area contributed by atoms with E-state index in [2.05, 4.69) is 5.16 Å². The van der Waals surface area contributed by atoms with Crippen molar-refractivity contribution in [2.24, 2.45) is 0 Å². The van der Waals surface area contributed by atoms with Crippen molar-refractivity contribution < 1.29 is 13.7 Å². The Hall–Kier alpha value is -2.17. The van der Waals surface area contributed by atoms with E-state index in [1.165, 1.54) is 12.1 Å². The second-order valence-corrected chi connectivity index (χ2v) is 4.86. The zero-order chi connectivity index (χ0) is 14.1. The van der Waals surface area contributed by atoms with Crippen LogP contribution in [0.25, 0.3) is 11.3 Å². The highest BCUT2D eigenvalue weighted by atomic mass is 19.1. The van der Waals surface area contributed by atoms with Gasteiger partial charge in [-0.3, -0.25) is 4.79 Å². The fourth-order valence-electron chi connectivity index (χ4n) is 2.48. The summed E-state index contributed by atoms with van der Waals surface area (Å²) in [5, 5.41) is 4.07. The normalized spacial score (nSPS) is 14.2. The van der Waals surface area contributed by atoms with Gasteiger partial charge in [-0.1, -0.05) is 12.1 Å². The van der Waals surface area contributed by atoms with Crippen molar-refractivity contribution in [2.45, 2.75) is 26.3 Å². The highest BCUT2D eigenvalue weighted by Gasteiger charge is 2.26. The zero-order valence-electron chi connectivity index (χ0n) is 11.2. The Morgan fingerprint density at radius 1 is 1.40 bits per heavy atom. The van der Waals surface area contributed by atoms with Crippen LogP contribution in [0.5, 0.6) is 0 Å². The number of nitrogens with zero attached hydrogens (tertiary/aromatic N) is 2. The number of aromatic nitrogens is 1. The lowest BCUT2D eigenvalue weighted by Gasteiger charge is -2.26. The molecule has 0 fully saturated rings. The van der Waals surface area contributed by atoms with Gasteiger partial charge in [0.2, 0.25) is 5.91 Å². The van der Waals surface area contributed by atoms with Crippen molar-refractivity contribution in [3.05, 3.63) is 41.3 Å². The molecule has 0 N–H and O–H groups in total. The van der Waals surface area contributed by atoms with Crippen LogP contribution < -0.4 is 0 Å². The lowest BCUT2D eigenvalue weighted by molar-refractivity contribution is -0.131. The second kappa shape index (κ2) is 5.07. The fraction of sp³-hybridized carbons (Fsp3) is 0.333. The van der Waals surface area contributed by atoms with E-state index in [4.69, 9.17) is 4.52 Å². The Kier molecular flexibility index (Phi) is 3.26. The largest absolute Gasteiger partial charge is 0.356 e. The van der Waals surface area contributed by atoms with Crippen molar-refractivity contribution in [3.8, 4) is 11.3 Å². The Morgan fingerprint density at radius 2 is 2.15 bits per heavy atom. The van der Waals surface area contributed by atoms with Gasteiger partial charge < -0.3 is 9.42 Å². The fourth-order valence-corrected chi connectivity index (χ4v) is 2.48. The molecule has 1 aromatic carbocycles. The minimum absolute atomic E-state index is 0.127. The highest BCUT2D eigenvalue weighted by Crippen LogP contribution is 2.30. The summed E-state index contributed by atoms with van der Waals surface area (Å²) in [5.74, 6) is 0.473. The van der Waals surface area contributed by atoms with Crippen LogP contribution in [0.3, 0.4) is 0 Å². The molecule has 0 aliphatic carbocycles. The van der Waals surface area contributed by atoms with Gasteiger partial charge in [0.05, 0.1) is 12.2 Å². The summed E-state index contributed by atoms with van der Waals surface area (Å²) in [4.78, 5) is 13.6. The van der Waals surface area contributed by atoms with Gasteiger partial charge in [0.1, 0.15) is 5.82 Å². The van der Waals surface area contributed by atoms with E-state index in [9.17, 15) is 9.18 Å². The molecular formula is C15H15FN2O2. The van der Waals surface area contributed by atoms with Crippen LogP contribution in [-0.4, -0.2) is 22.5 Å². The Bertz CT molecular complexity index is 634. The van der Waals surface area contributed by atoms with Gasteiger partial charge in [-0.25, -0.2) is 4.39 Å². The van der Waals surface area contributed by atoms with E-state index in [1.54, 1.807) is 12.1 Å². The predicted octanol–water partition coefficient (Wildman–Crippen LogP) is 2.78. The SMILES string of the molecule is CCC(=O)N1CCc2noc(-c3ccc(F)cc3)c2C1. The van der Waals surface area contributed by atoms with Gasteiger partial charge in [-0.05, 0) is 24.3 Å². The second-order valence-electron chi connectivity index (χ2n) is 4.86. The third kappa shape index (κ3) is 2.19. The van der Waals surface area contributed by atoms with Crippen LogP contribution in [-0.2, 0) is 17.8 Å². The summed E-state index contributed by atoms with van der Waals surface area (Å²) in [6, 6.07) is 6.11. The molecule has 4 nitrogen and oxygen atoms in total. The topological polar surface area (TPSA) is 46.3 Å². The number of amides is 1. The number of halogens is 1. The molecule has 0 unspecified atom stereocenters. The maximum Gasteiger partial charge on any atom is 0.222 e. The molecule has 3 rings (SSSR count). The highest BCUT2D eigenvalue weighted by molar-refractivity contribution is 5.76. The Morgan fingerprint density at radius 3 is 2.85 bits per heavy atom. The minimum atomic E-state index is -0.287. The third-order valence-electron chi connectivity index (χ3n) is 3.60. The molecule has 0 spiro atoms. The van der Waals surface area contributed by atoms with Gasteiger partial charge in [-0.15, -0.1) is 0 Å². The zero-order valence-corrected chi connectivity index (χ0v) is 11.2. The average molecular weight is 274 g/mol. The monoisotopic (exact) mass is 274 g/mol. The summed E-state index contributed by atoms with van der Waals surface area (Å²) in [6.07, 6.45) is 1.19. The first-order chi connectivity index (χ1) is 9.69. The van der Waals surface area contributed by atoms with Crippen LogP contribution in [0.2, 0.25) is 0 Å². The molecule has 20 heavy (non-hydrogen) atoms. The molecule has 1 aromatic heterocycles. The van der Waals surface area contributed by atoms with E-state index in [0.29, 0.717) is 31.7 Å². The van der Waals surface area contributed by atoms with Gasteiger partial charge in [-0.2, -0.15) is 0 Å². The first kappa shape index (κ1) is 12.8. The van der Waals surface area contributed by atoms with Gasteiger partial charge in [0.15, 0.2) is 5.76 Å². The lowest BCUT2D eigenvalue weighted by Crippen LogP contribution is -2.35. The van der Waals surface area contributed by atoms with Crippen molar-refractivity contribution in [3.63, 3.8) is 0 Å². The molecule has 104 valence electrons. The Balaban J connectivity index is 1.94. The standard InChI is InChI=1S/C15H15FN2O2/c1-2-14(19)18-8-7-13-12(9-18)15(20-17-13)10-3-5-11(16)6-4-10/h3-6H,2,7-9H2,1H3. The molecule has 5 heteroatoms. The number of carbonyl (C=O) groups excluding carboxylic acids is 1. The van der Waals surface area contributed by atoms with Crippen molar-refractivity contribution >= 4 is 5.91 Å². The molecule has 0 radical (unpaired) electrons. The molecule has 0 atom stereocenters. The smallest absolute Gasteiger partial charge is 0.222 e. The summed E-state index contributed by atoms with van der Waals surface area (Å²) >= 11 is 0. The lowest BCUT2D eigenvalue weighted by atomic mass is 10.0. The Labute approximate surface area is 116 Å². The number of rotatable bonds is 2. The first-order valence-electron chi connectivity index (χ1n) is 6.70. The van der Waals surface area contributed by atoms with Gasteiger partial charge in [0, 0.05) is 30.5 Å². The van der Waals surface area contributed by atoms with E-state index < -0.39 is 0 Å². The molecule has 1 amide bonds. The van der Waals surface area contributed by atoms with Gasteiger partial charge in [0.25, 0.3) is 0 Å². The summed E-state index contributed by atoms with van der Waals surface area (Å²) in [7, 11) is 0. The summed E-state index contributed by atoms with van der Waals surface area (Å²) < 4.78 is 18.4. The van der Waals surface area contributed by atoms with Crippen LogP contribution in [0.15, 0.2) is 28.8 Å². The quantitative estimate of drug-likeness (QED) is 0.846. The van der Waals surface area contributed by atoms with E-state index in [-0.39, 0.29) is 11.7 Å². The van der Waals surface area contributed by atoms with Gasteiger partial charge >= 0.3 is 0 Å². The van der Waals surface area contributed by atoms with Crippen LogP contribution >= 0.6 is 0 Å². The predicted molar refractivity (Wildman–Crippen MR) is 71.3 cm³/mol. The average Bonchev–Trinajstić information content (AvgIpc) is 2.90. The van der Waals surface area contributed by atoms with Crippen LogP contribution in [0.1, 0.15) is 24.6 Å². The molecular weight excluding hydrogens is 259 g/mol. The van der Waals surface area contributed by atoms with Crippen molar-refractivity contribution in [1.29, 1.82) is 0 Å². The number of fused-ring (bicyclic) bond motifs is 1. The maximum absolute atomic E-state index is 13.0. The molecule has 2 aromatic rings. The molecule has 2 heterocycles.